The maximum absolute atomic E-state index is 12.3. The number of nitrogens with one attached hydrogen (secondary N) is 3. The summed E-state index contributed by atoms with van der Waals surface area (Å²) in [5, 5.41) is 12.3. The Labute approximate surface area is 166 Å². The van der Waals surface area contributed by atoms with E-state index in [2.05, 4.69) is 20.8 Å². The third-order valence-electron chi connectivity index (χ3n) is 4.21. The zero-order valence-electron chi connectivity index (χ0n) is 15.6. The molecule has 0 aliphatic carbocycles. The van der Waals surface area contributed by atoms with Gasteiger partial charge in [0, 0.05) is 24.4 Å². The first-order valence-corrected chi connectivity index (χ1v) is 10.1. The Balaban J connectivity index is 1.57. The highest BCUT2D eigenvalue weighted by Crippen LogP contribution is 2.18. The molecular weight excluding hydrogens is 382 g/mol. The van der Waals surface area contributed by atoms with Crippen molar-refractivity contribution in [2.75, 3.05) is 24.2 Å². The highest BCUT2D eigenvalue weighted by Gasteiger charge is 2.20. The molecule has 0 radical (unpaired) electrons. The molecule has 2 amide bonds. The van der Waals surface area contributed by atoms with E-state index >= 15 is 0 Å². The lowest BCUT2D eigenvalue weighted by Gasteiger charge is -2.11. The van der Waals surface area contributed by atoms with Gasteiger partial charge >= 0.3 is 5.69 Å². The van der Waals surface area contributed by atoms with Gasteiger partial charge in [0.25, 0.3) is 5.91 Å². The highest BCUT2D eigenvalue weighted by molar-refractivity contribution is 7.99. The van der Waals surface area contributed by atoms with E-state index in [0.717, 1.165) is 12.8 Å². The highest BCUT2D eigenvalue weighted by atomic mass is 32.2. The molecule has 1 atom stereocenters. The molecule has 1 fully saturated rings. The second-order valence-corrected chi connectivity index (χ2v) is 7.28. The van der Waals surface area contributed by atoms with E-state index in [0.29, 0.717) is 36.1 Å². The number of carbonyl (C=O) groups excluding carboxylic acids is 2. The fourth-order valence-electron chi connectivity index (χ4n) is 2.89. The summed E-state index contributed by atoms with van der Waals surface area (Å²) in [5.74, 6) is -0.360. The normalized spacial score (nSPS) is 16.1. The first-order chi connectivity index (χ1) is 13.6. The maximum atomic E-state index is 12.3. The molecular formula is C18H23N5O4S. The summed E-state index contributed by atoms with van der Waals surface area (Å²) in [4.78, 5) is 36.1. The van der Waals surface area contributed by atoms with E-state index in [4.69, 9.17) is 4.74 Å². The van der Waals surface area contributed by atoms with Gasteiger partial charge in [-0.3, -0.25) is 14.2 Å². The fourth-order valence-corrected chi connectivity index (χ4v) is 3.65. The van der Waals surface area contributed by atoms with Gasteiger partial charge in [-0.05, 0) is 38.0 Å². The number of ether oxygens (including phenoxy) is 1. The molecule has 1 aromatic carbocycles. The lowest BCUT2D eigenvalue weighted by atomic mass is 10.2. The number of rotatable bonds is 8. The predicted octanol–water partition coefficient (Wildman–Crippen LogP) is 1.23. The van der Waals surface area contributed by atoms with E-state index in [9.17, 15) is 14.4 Å². The molecule has 1 unspecified atom stereocenters. The van der Waals surface area contributed by atoms with Crippen molar-refractivity contribution in [2.24, 2.45) is 0 Å². The zero-order chi connectivity index (χ0) is 19.9. The van der Waals surface area contributed by atoms with Crippen LogP contribution in [-0.2, 0) is 16.1 Å². The number of thioether (sulfide) groups is 1. The summed E-state index contributed by atoms with van der Waals surface area (Å²) in [6, 6.07) is 6.73. The van der Waals surface area contributed by atoms with Gasteiger partial charge in [-0.25, -0.2) is 9.89 Å². The molecule has 9 nitrogen and oxygen atoms in total. The van der Waals surface area contributed by atoms with Crippen molar-refractivity contribution in [1.29, 1.82) is 0 Å². The van der Waals surface area contributed by atoms with Crippen molar-refractivity contribution < 1.29 is 14.3 Å². The number of aromatic amines is 1. The summed E-state index contributed by atoms with van der Waals surface area (Å²) in [6.07, 6.45) is 1.89. The van der Waals surface area contributed by atoms with Crippen LogP contribution in [0, 0.1) is 0 Å². The van der Waals surface area contributed by atoms with Crippen LogP contribution in [0.5, 0.6) is 0 Å². The van der Waals surface area contributed by atoms with E-state index in [1.807, 2.05) is 6.92 Å². The molecule has 1 aromatic heterocycles. The monoisotopic (exact) mass is 405 g/mol. The lowest BCUT2D eigenvalue weighted by Crippen LogP contribution is -2.25. The minimum Gasteiger partial charge on any atom is -0.376 e. The quantitative estimate of drug-likeness (QED) is 0.569. The van der Waals surface area contributed by atoms with Crippen molar-refractivity contribution in [3.63, 3.8) is 0 Å². The second kappa shape index (κ2) is 9.56. The van der Waals surface area contributed by atoms with Crippen LogP contribution in [0.25, 0.3) is 0 Å². The molecule has 3 N–H and O–H groups in total. The van der Waals surface area contributed by atoms with E-state index in [1.165, 1.54) is 16.3 Å². The van der Waals surface area contributed by atoms with Crippen LogP contribution < -0.4 is 16.3 Å². The van der Waals surface area contributed by atoms with Gasteiger partial charge in [0.1, 0.15) is 0 Å². The predicted molar refractivity (Wildman–Crippen MR) is 106 cm³/mol. The smallest absolute Gasteiger partial charge is 0.344 e. The first kappa shape index (κ1) is 20.2. The molecule has 150 valence electrons. The summed E-state index contributed by atoms with van der Waals surface area (Å²) < 4.78 is 7.07. The summed E-state index contributed by atoms with van der Waals surface area (Å²) in [7, 11) is 0. The lowest BCUT2D eigenvalue weighted by molar-refractivity contribution is -0.113. The van der Waals surface area contributed by atoms with Crippen LogP contribution >= 0.6 is 11.8 Å². The largest absolute Gasteiger partial charge is 0.376 e. The number of aromatic nitrogens is 3. The number of hydrogen-bond donors (Lipinski definition) is 3. The number of nitrogens with zero attached hydrogens (tertiary/aromatic N) is 2. The number of amides is 2. The van der Waals surface area contributed by atoms with Crippen LogP contribution in [0.15, 0.2) is 34.2 Å². The summed E-state index contributed by atoms with van der Waals surface area (Å²) in [5.41, 5.74) is 0.700. The Morgan fingerprint density at radius 2 is 2.29 bits per heavy atom. The van der Waals surface area contributed by atoms with Gasteiger partial charge in [-0.2, -0.15) is 0 Å². The molecule has 1 aliphatic heterocycles. The van der Waals surface area contributed by atoms with Crippen LogP contribution in [0.3, 0.4) is 0 Å². The van der Waals surface area contributed by atoms with E-state index in [-0.39, 0.29) is 29.4 Å². The molecule has 2 aromatic rings. The van der Waals surface area contributed by atoms with Crippen LogP contribution in [0.2, 0.25) is 0 Å². The molecule has 0 saturated carbocycles. The number of anilines is 1. The van der Waals surface area contributed by atoms with Gasteiger partial charge in [0.05, 0.1) is 18.4 Å². The fraction of sp³-hybridized carbons (Fsp3) is 0.444. The van der Waals surface area contributed by atoms with E-state index in [1.54, 1.807) is 24.3 Å². The minimum absolute atomic E-state index is 0.000448. The van der Waals surface area contributed by atoms with Crippen LogP contribution in [-0.4, -0.2) is 51.6 Å². The number of H-pyrrole nitrogens is 1. The molecule has 1 aliphatic rings. The average molecular weight is 405 g/mol. The third kappa shape index (κ3) is 5.23. The van der Waals surface area contributed by atoms with Crippen LogP contribution in [0.4, 0.5) is 5.69 Å². The van der Waals surface area contributed by atoms with Crippen molar-refractivity contribution in [1.82, 2.24) is 20.1 Å². The second-order valence-electron chi connectivity index (χ2n) is 6.33. The van der Waals surface area contributed by atoms with Crippen molar-refractivity contribution >= 4 is 29.3 Å². The summed E-state index contributed by atoms with van der Waals surface area (Å²) >= 11 is 1.17. The molecule has 28 heavy (non-hydrogen) atoms. The Bertz CT molecular complexity index is 888. The molecule has 1 saturated heterocycles. The third-order valence-corrected chi connectivity index (χ3v) is 5.19. The first-order valence-electron chi connectivity index (χ1n) is 9.14. The van der Waals surface area contributed by atoms with Gasteiger partial charge < -0.3 is 15.4 Å². The zero-order valence-corrected chi connectivity index (χ0v) is 16.4. The number of benzene rings is 1. The van der Waals surface area contributed by atoms with Gasteiger partial charge in [-0.15, -0.1) is 5.10 Å². The van der Waals surface area contributed by atoms with Crippen LogP contribution in [0.1, 0.15) is 30.1 Å². The molecule has 0 spiro atoms. The average Bonchev–Trinajstić information content (AvgIpc) is 3.32. The Hall–Kier alpha value is -2.59. The standard InChI is InChI=1S/C18H23N5O4S/c1-2-19-16(25)12-5-3-6-13(9-12)20-15(24)11-28-18-22-21-17(26)23(18)10-14-7-4-8-27-14/h3,5-6,9,14H,2,4,7-8,10-11H2,1H3,(H,19,25)(H,20,24)(H,21,26). The summed E-state index contributed by atoms with van der Waals surface area (Å²) in [6.45, 7) is 3.50. The van der Waals surface area contributed by atoms with Crippen molar-refractivity contribution in [2.45, 2.75) is 37.6 Å². The van der Waals surface area contributed by atoms with Crippen molar-refractivity contribution in [3.05, 3.63) is 40.3 Å². The molecule has 2 heterocycles. The van der Waals surface area contributed by atoms with Crippen molar-refractivity contribution in [3.8, 4) is 0 Å². The Morgan fingerprint density at radius 1 is 1.43 bits per heavy atom. The minimum atomic E-state index is -0.312. The molecule has 0 bridgehead atoms. The maximum Gasteiger partial charge on any atom is 0.344 e. The molecule has 3 rings (SSSR count). The Kier molecular flexibility index (Phi) is 6.88. The van der Waals surface area contributed by atoms with Gasteiger partial charge in [0.2, 0.25) is 5.91 Å². The SMILES string of the molecule is CCNC(=O)c1cccc(NC(=O)CSc2n[nH]c(=O)n2CC2CCCO2)c1. The van der Waals surface area contributed by atoms with Gasteiger partial charge in [-0.1, -0.05) is 17.8 Å². The number of carbonyl (C=O) groups is 2. The van der Waals surface area contributed by atoms with E-state index < -0.39 is 0 Å². The van der Waals surface area contributed by atoms with Gasteiger partial charge in [0.15, 0.2) is 5.16 Å². The number of hydrogen-bond acceptors (Lipinski definition) is 6. The molecule has 10 heteroatoms. The topological polar surface area (TPSA) is 118 Å². The Morgan fingerprint density at radius 3 is 3.04 bits per heavy atom.